The molecule has 0 N–H and O–H groups in total. The van der Waals surface area contributed by atoms with Crippen LogP contribution in [0.5, 0.6) is 0 Å². The molecule has 0 unspecified atom stereocenters. The molecule has 0 radical (unpaired) electrons. The molecule has 42 heavy (non-hydrogen) atoms. The maximum atomic E-state index is 13.3. The fourth-order valence-corrected chi connectivity index (χ4v) is 12.2. The normalized spacial score (nSPS) is 37.7. The highest BCUT2D eigenvalue weighted by molar-refractivity contribution is 5.86. The highest BCUT2D eigenvalue weighted by Gasteiger charge is 2.52. The molecule has 8 aliphatic rings. The van der Waals surface area contributed by atoms with E-state index in [0.29, 0.717) is 22.3 Å². The molecule has 4 nitrogen and oxygen atoms in total. The Morgan fingerprint density at radius 2 is 0.810 bits per heavy atom. The van der Waals surface area contributed by atoms with Gasteiger partial charge in [-0.3, -0.25) is 0 Å². The second-order valence-corrected chi connectivity index (χ2v) is 15.8. The summed E-state index contributed by atoms with van der Waals surface area (Å²) in [5.74, 6) is 5.18. The van der Waals surface area contributed by atoms with Crippen molar-refractivity contribution in [1.29, 1.82) is 0 Å². The van der Waals surface area contributed by atoms with Gasteiger partial charge in [-0.2, -0.15) is 0 Å². The second kappa shape index (κ2) is 8.27. The lowest BCUT2D eigenvalue weighted by Gasteiger charge is -2.57. The molecular weight excluding hydrogens is 520 g/mol. The highest BCUT2D eigenvalue weighted by atomic mass is 16.4. The molecule has 4 heteroatoms. The van der Waals surface area contributed by atoms with Crippen LogP contribution in [0.3, 0.4) is 0 Å². The van der Waals surface area contributed by atoms with Crippen LogP contribution in [0, 0.1) is 35.5 Å². The van der Waals surface area contributed by atoms with Crippen LogP contribution in [0.1, 0.15) is 88.2 Å². The third-order valence-corrected chi connectivity index (χ3v) is 13.1. The standard InChI is InChI=1S/C38H38O4/c39-35-31(13-27-11-29(1-3-33(27)41-35)37-15-21-5-22(16-37)7-23(6-21)17-37)32-14-28-12-30(2-4-34(28)42-36(32)40)38-18-24-8-25(19-38)10-26(9-24)20-38/h1-4,11-14,21-26H,5-10,15-20H2. The minimum Gasteiger partial charge on any atom is -0.422 e. The largest absolute Gasteiger partial charge is 0.422 e. The first-order valence-electron chi connectivity index (χ1n) is 16.6. The van der Waals surface area contributed by atoms with Crippen molar-refractivity contribution < 1.29 is 8.83 Å². The highest BCUT2D eigenvalue weighted by Crippen LogP contribution is 2.62. The van der Waals surface area contributed by atoms with E-state index < -0.39 is 11.3 Å². The van der Waals surface area contributed by atoms with E-state index in [2.05, 4.69) is 24.3 Å². The fourth-order valence-electron chi connectivity index (χ4n) is 12.2. The van der Waals surface area contributed by atoms with Crippen molar-refractivity contribution in [3.05, 3.63) is 80.5 Å². The topological polar surface area (TPSA) is 60.4 Å². The molecule has 8 bridgehead atoms. The fraction of sp³-hybridized carbons (Fsp3) is 0.526. The predicted molar refractivity (Wildman–Crippen MR) is 164 cm³/mol. The Labute approximate surface area is 245 Å². The number of benzene rings is 2. The summed E-state index contributed by atoms with van der Waals surface area (Å²) >= 11 is 0. The number of fused-ring (bicyclic) bond motifs is 2. The van der Waals surface area contributed by atoms with Crippen LogP contribution >= 0.6 is 0 Å². The Hall–Kier alpha value is -3.14. The van der Waals surface area contributed by atoms with E-state index in [1.807, 2.05) is 24.3 Å². The molecule has 0 amide bonds. The number of rotatable bonds is 3. The van der Waals surface area contributed by atoms with Crippen LogP contribution in [0.2, 0.25) is 0 Å². The average molecular weight is 559 g/mol. The van der Waals surface area contributed by atoms with Crippen molar-refractivity contribution in [3.63, 3.8) is 0 Å². The Balaban J connectivity index is 1.07. The van der Waals surface area contributed by atoms with Gasteiger partial charge >= 0.3 is 11.3 Å². The van der Waals surface area contributed by atoms with Crippen LogP contribution in [0.25, 0.3) is 33.1 Å². The Morgan fingerprint density at radius 1 is 0.476 bits per heavy atom. The van der Waals surface area contributed by atoms with Crippen molar-refractivity contribution in [2.75, 3.05) is 0 Å². The first kappa shape index (κ1) is 24.3. The van der Waals surface area contributed by atoms with E-state index in [-0.39, 0.29) is 10.8 Å². The first-order chi connectivity index (χ1) is 20.4. The lowest BCUT2D eigenvalue weighted by Crippen LogP contribution is -2.48. The summed E-state index contributed by atoms with van der Waals surface area (Å²) in [6.45, 7) is 0. The molecule has 0 atom stereocenters. The summed E-state index contributed by atoms with van der Waals surface area (Å²) in [6, 6.07) is 16.6. The lowest BCUT2D eigenvalue weighted by molar-refractivity contribution is -0.00525. The monoisotopic (exact) mass is 558 g/mol. The summed E-state index contributed by atoms with van der Waals surface area (Å²) < 4.78 is 11.7. The average Bonchev–Trinajstić information content (AvgIpc) is 2.95. The molecule has 2 aromatic heterocycles. The molecule has 2 heterocycles. The van der Waals surface area contributed by atoms with E-state index in [4.69, 9.17) is 8.83 Å². The quantitative estimate of drug-likeness (QED) is 0.237. The number of hydrogen-bond donors (Lipinski definition) is 0. The van der Waals surface area contributed by atoms with Gasteiger partial charge in [0.2, 0.25) is 0 Å². The van der Waals surface area contributed by atoms with Crippen LogP contribution in [0.4, 0.5) is 0 Å². The van der Waals surface area contributed by atoms with Crippen molar-refractivity contribution in [2.45, 2.75) is 87.9 Å². The van der Waals surface area contributed by atoms with Crippen LogP contribution in [0.15, 0.2) is 67.0 Å². The molecule has 8 saturated carbocycles. The maximum Gasteiger partial charge on any atom is 0.344 e. The first-order valence-corrected chi connectivity index (χ1v) is 16.6. The third-order valence-electron chi connectivity index (χ3n) is 13.1. The second-order valence-electron chi connectivity index (χ2n) is 15.8. The molecule has 0 saturated heterocycles. The molecule has 8 fully saturated rings. The smallest absolute Gasteiger partial charge is 0.344 e. The van der Waals surface area contributed by atoms with Gasteiger partial charge in [0.15, 0.2) is 0 Å². The zero-order valence-electron chi connectivity index (χ0n) is 24.2. The Bertz CT molecular complexity index is 1700. The van der Waals surface area contributed by atoms with Gasteiger partial charge in [-0.05, 0) is 171 Å². The lowest BCUT2D eigenvalue weighted by atomic mass is 9.48. The van der Waals surface area contributed by atoms with Gasteiger partial charge in [0.05, 0.1) is 11.1 Å². The van der Waals surface area contributed by atoms with Gasteiger partial charge in [-0.15, -0.1) is 0 Å². The summed E-state index contributed by atoms with van der Waals surface area (Å²) in [6.07, 6.45) is 16.2. The summed E-state index contributed by atoms with van der Waals surface area (Å²) in [7, 11) is 0. The van der Waals surface area contributed by atoms with Gasteiger partial charge in [0.25, 0.3) is 0 Å². The van der Waals surface area contributed by atoms with Gasteiger partial charge in [-0.1, -0.05) is 12.1 Å². The van der Waals surface area contributed by atoms with Crippen molar-refractivity contribution in [1.82, 2.24) is 0 Å². The summed E-state index contributed by atoms with van der Waals surface area (Å²) in [5.41, 5.74) is 4.13. The molecule has 2 aromatic carbocycles. The molecule has 0 spiro atoms. The van der Waals surface area contributed by atoms with Gasteiger partial charge in [0, 0.05) is 10.8 Å². The van der Waals surface area contributed by atoms with Crippen molar-refractivity contribution in [3.8, 4) is 11.1 Å². The zero-order chi connectivity index (χ0) is 27.8. The third kappa shape index (κ3) is 3.47. The van der Waals surface area contributed by atoms with Crippen LogP contribution in [-0.2, 0) is 10.8 Å². The van der Waals surface area contributed by atoms with Crippen LogP contribution < -0.4 is 11.3 Å². The van der Waals surface area contributed by atoms with Crippen molar-refractivity contribution in [2.24, 2.45) is 35.5 Å². The van der Waals surface area contributed by atoms with Crippen LogP contribution in [-0.4, -0.2) is 0 Å². The minimum absolute atomic E-state index is 0.259. The Kier molecular flexibility index (Phi) is 4.79. The van der Waals surface area contributed by atoms with E-state index in [1.54, 1.807) is 0 Å². The maximum absolute atomic E-state index is 13.3. The minimum atomic E-state index is -0.478. The Morgan fingerprint density at radius 3 is 1.14 bits per heavy atom. The van der Waals surface area contributed by atoms with Gasteiger partial charge < -0.3 is 8.83 Å². The summed E-state index contributed by atoms with van der Waals surface area (Å²) in [5, 5.41) is 1.80. The van der Waals surface area contributed by atoms with E-state index in [9.17, 15) is 9.59 Å². The molecular formula is C38H38O4. The molecule has 0 aliphatic heterocycles. The van der Waals surface area contributed by atoms with Gasteiger partial charge in [-0.25, -0.2) is 9.59 Å². The van der Waals surface area contributed by atoms with Gasteiger partial charge in [0.1, 0.15) is 11.2 Å². The zero-order valence-corrected chi connectivity index (χ0v) is 24.2. The van der Waals surface area contributed by atoms with E-state index >= 15 is 0 Å². The molecule has 12 rings (SSSR count). The molecule has 214 valence electrons. The summed E-state index contributed by atoms with van der Waals surface area (Å²) in [4.78, 5) is 26.6. The predicted octanol–water partition coefficient (Wildman–Crippen LogP) is 8.50. The van der Waals surface area contributed by atoms with E-state index in [0.717, 1.165) is 46.3 Å². The van der Waals surface area contributed by atoms with E-state index in [1.165, 1.54) is 88.2 Å². The molecule has 8 aliphatic carbocycles. The SMILES string of the molecule is O=c1oc2ccc(C34CC5CC(CC(C5)C3)C4)cc2cc1-c1cc2cc(C34CC5CC(CC(C5)C3)C4)ccc2oc1=O. The number of hydrogen-bond acceptors (Lipinski definition) is 4. The van der Waals surface area contributed by atoms with Crippen molar-refractivity contribution >= 4 is 21.9 Å². The molecule has 4 aromatic rings.